The number of allylic oxidation sites excluding steroid dienone is 4. The highest BCUT2D eigenvalue weighted by molar-refractivity contribution is 5.69. The number of pyridine rings is 1. The SMILES string of the molecule is C=CC(=CC=C(C)c1c(OCc2ccccc2)ccn(Cc2ccccc2)c1=O)OC. The van der Waals surface area contributed by atoms with Crippen LogP contribution in [0.25, 0.3) is 5.57 Å². The van der Waals surface area contributed by atoms with Crippen molar-refractivity contribution in [3.8, 4) is 5.75 Å². The van der Waals surface area contributed by atoms with Crippen LogP contribution < -0.4 is 10.3 Å². The fourth-order valence-electron chi connectivity index (χ4n) is 3.19. The van der Waals surface area contributed by atoms with Gasteiger partial charge >= 0.3 is 0 Å². The van der Waals surface area contributed by atoms with Crippen LogP contribution in [0.15, 0.2) is 108 Å². The van der Waals surface area contributed by atoms with Crippen molar-refractivity contribution in [3.63, 3.8) is 0 Å². The normalized spacial score (nSPS) is 11.8. The second-order valence-electron chi connectivity index (χ2n) is 7.07. The summed E-state index contributed by atoms with van der Waals surface area (Å²) in [5.74, 6) is 1.17. The van der Waals surface area contributed by atoms with Crippen molar-refractivity contribution in [2.24, 2.45) is 0 Å². The molecule has 1 aromatic heterocycles. The number of methoxy groups -OCH3 is 1. The molecule has 0 saturated heterocycles. The van der Waals surface area contributed by atoms with Gasteiger partial charge in [-0.3, -0.25) is 4.79 Å². The minimum atomic E-state index is -0.103. The lowest BCUT2D eigenvalue weighted by Gasteiger charge is -2.15. The number of hydrogen-bond acceptors (Lipinski definition) is 3. The zero-order chi connectivity index (χ0) is 22.1. The Bertz CT molecular complexity index is 1130. The number of hydrogen-bond donors (Lipinski definition) is 0. The van der Waals surface area contributed by atoms with Crippen LogP contribution >= 0.6 is 0 Å². The largest absolute Gasteiger partial charge is 0.497 e. The number of benzene rings is 2. The Hall–Kier alpha value is -3.79. The Morgan fingerprint density at radius 1 is 0.968 bits per heavy atom. The van der Waals surface area contributed by atoms with Gasteiger partial charge in [-0.2, -0.15) is 0 Å². The van der Waals surface area contributed by atoms with Gasteiger partial charge in [0.05, 0.1) is 19.2 Å². The quantitative estimate of drug-likeness (QED) is 0.339. The average Bonchev–Trinajstić information content (AvgIpc) is 2.81. The highest BCUT2D eigenvalue weighted by Crippen LogP contribution is 2.24. The molecule has 1 heterocycles. The maximum Gasteiger partial charge on any atom is 0.262 e. The molecular formula is C27H27NO3. The van der Waals surface area contributed by atoms with E-state index in [1.165, 1.54) is 0 Å². The Morgan fingerprint density at radius 2 is 1.61 bits per heavy atom. The Labute approximate surface area is 183 Å². The van der Waals surface area contributed by atoms with Crippen LogP contribution in [-0.2, 0) is 17.9 Å². The maximum absolute atomic E-state index is 13.4. The molecule has 0 bridgehead atoms. The van der Waals surface area contributed by atoms with Gasteiger partial charge in [-0.25, -0.2) is 0 Å². The summed E-state index contributed by atoms with van der Waals surface area (Å²) >= 11 is 0. The predicted molar refractivity (Wildman–Crippen MR) is 126 cm³/mol. The van der Waals surface area contributed by atoms with Crippen molar-refractivity contribution >= 4 is 5.57 Å². The van der Waals surface area contributed by atoms with E-state index < -0.39 is 0 Å². The van der Waals surface area contributed by atoms with Crippen molar-refractivity contribution in [1.82, 2.24) is 4.57 Å². The molecule has 3 aromatic rings. The second kappa shape index (κ2) is 10.8. The highest BCUT2D eigenvalue weighted by Gasteiger charge is 2.14. The third-order valence-electron chi connectivity index (χ3n) is 4.89. The molecule has 3 rings (SSSR count). The molecule has 0 aliphatic heterocycles. The molecule has 0 amide bonds. The van der Waals surface area contributed by atoms with Crippen LogP contribution in [0.5, 0.6) is 5.75 Å². The number of nitrogens with zero attached hydrogens (tertiary/aromatic N) is 1. The number of aromatic nitrogens is 1. The number of ether oxygens (including phenoxy) is 2. The van der Waals surface area contributed by atoms with E-state index in [1.54, 1.807) is 30.0 Å². The predicted octanol–water partition coefficient (Wildman–Crippen LogP) is 5.60. The van der Waals surface area contributed by atoms with Crippen molar-refractivity contribution in [3.05, 3.63) is 131 Å². The second-order valence-corrected chi connectivity index (χ2v) is 7.07. The van der Waals surface area contributed by atoms with Crippen LogP contribution in [0.3, 0.4) is 0 Å². The first-order valence-corrected chi connectivity index (χ1v) is 10.1. The van der Waals surface area contributed by atoms with E-state index in [-0.39, 0.29) is 5.56 Å². The monoisotopic (exact) mass is 413 g/mol. The molecule has 4 heteroatoms. The van der Waals surface area contributed by atoms with Gasteiger partial charge in [0, 0.05) is 6.20 Å². The molecule has 0 aliphatic carbocycles. The van der Waals surface area contributed by atoms with Gasteiger partial charge in [0.2, 0.25) is 0 Å². The molecule has 0 spiro atoms. The molecule has 0 atom stereocenters. The topological polar surface area (TPSA) is 40.5 Å². The molecule has 2 aromatic carbocycles. The molecule has 0 fully saturated rings. The molecule has 31 heavy (non-hydrogen) atoms. The van der Waals surface area contributed by atoms with Gasteiger partial charge in [0.1, 0.15) is 18.1 Å². The van der Waals surface area contributed by atoms with E-state index in [4.69, 9.17) is 9.47 Å². The summed E-state index contributed by atoms with van der Waals surface area (Å²) in [6, 6.07) is 21.7. The van der Waals surface area contributed by atoms with E-state index in [9.17, 15) is 4.79 Å². The van der Waals surface area contributed by atoms with Crippen molar-refractivity contribution in [1.29, 1.82) is 0 Å². The summed E-state index contributed by atoms with van der Waals surface area (Å²) in [6.07, 6.45) is 7.04. The standard InChI is InChI=1S/C27H27NO3/c1-4-24(30-3)16-15-21(2)26-25(31-20-23-13-9-6-10-14-23)17-18-28(27(26)29)19-22-11-7-5-8-12-22/h4-18H,1,19-20H2,2-3H3. The first kappa shape index (κ1) is 21.9. The van der Waals surface area contributed by atoms with Gasteiger partial charge in [0.25, 0.3) is 5.56 Å². The molecule has 4 nitrogen and oxygen atoms in total. The fraction of sp³-hybridized carbons (Fsp3) is 0.148. The zero-order valence-electron chi connectivity index (χ0n) is 18.0. The Morgan fingerprint density at radius 3 is 2.23 bits per heavy atom. The van der Waals surface area contributed by atoms with Crippen LogP contribution in [0.4, 0.5) is 0 Å². The summed E-state index contributed by atoms with van der Waals surface area (Å²) in [5.41, 5.74) is 3.31. The lowest BCUT2D eigenvalue weighted by molar-refractivity contribution is 0.304. The summed E-state index contributed by atoms with van der Waals surface area (Å²) < 4.78 is 13.0. The van der Waals surface area contributed by atoms with Crippen LogP contribution in [0.1, 0.15) is 23.6 Å². The van der Waals surface area contributed by atoms with Crippen molar-refractivity contribution in [2.45, 2.75) is 20.1 Å². The van der Waals surface area contributed by atoms with E-state index >= 15 is 0 Å². The van der Waals surface area contributed by atoms with Crippen LogP contribution in [0.2, 0.25) is 0 Å². The zero-order valence-corrected chi connectivity index (χ0v) is 18.0. The summed E-state index contributed by atoms with van der Waals surface area (Å²) in [6.45, 7) is 6.50. The number of rotatable bonds is 9. The Balaban J connectivity index is 2.00. The van der Waals surface area contributed by atoms with E-state index in [0.29, 0.717) is 30.2 Å². The summed E-state index contributed by atoms with van der Waals surface area (Å²) in [5, 5.41) is 0. The molecular weight excluding hydrogens is 386 g/mol. The third-order valence-corrected chi connectivity index (χ3v) is 4.89. The molecule has 158 valence electrons. The molecule has 0 unspecified atom stereocenters. The van der Waals surface area contributed by atoms with Gasteiger partial charge < -0.3 is 14.0 Å². The van der Waals surface area contributed by atoms with Crippen LogP contribution in [-0.4, -0.2) is 11.7 Å². The minimum absolute atomic E-state index is 0.103. The molecule has 0 saturated carbocycles. The van der Waals surface area contributed by atoms with Crippen molar-refractivity contribution in [2.75, 3.05) is 7.11 Å². The lowest BCUT2D eigenvalue weighted by Crippen LogP contribution is -2.24. The van der Waals surface area contributed by atoms with Gasteiger partial charge in [-0.15, -0.1) is 0 Å². The van der Waals surface area contributed by atoms with Gasteiger partial charge in [-0.1, -0.05) is 73.3 Å². The Kier molecular flexibility index (Phi) is 7.66. The van der Waals surface area contributed by atoms with E-state index in [1.807, 2.05) is 79.7 Å². The lowest BCUT2D eigenvalue weighted by atomic mass is 10.1. The molecule has 0 N–H and O–H groups in total. The fourth-order valence-corrected chi connectivity index (χ4v) is 3.19. The summed E-state index contributed by atoms with van der Waals surface area (Å²) in [4.78, 5) is 13.4. The summed E-state index contributed by atoms with van der Waals surface area (Å²) in [7, 11) is 1.58. The van der Waals surface area contributed by atoms with E-state index in [0.717, 1.165) is 16.7 Å². The van der Waals surface area contributed by atoms with Crippen LogP contribution in [0, 0.1) is 0 Å². The molecule has 0 radical (unpaired) electrons. The third kappa shape index (κ3) is 5.86. The van der Waals surface area contributed by atoms with Gasteiger partial charge in [-0.05, 0) is 41.8 Å². The average molecular weight is 414 g/mol. The smallest absolute Gasteiger partial charge is 0.262 e. The van der Waals surface area contributed by atoms with Gasteiger partial charge in [0.15, 0.2) is 0 Å². The first-order chi connectivity index (χ1) is 15.1. The maximum atomic E-state index is 13.4. The first-order valence-electron chi connectivity index (χ1n) is 10.1. The molecule has 0 aliphatic rings. The minimum Gasteiger partial charge on any atom is -0.497 e. The van der Waals surface area contributed by atoms with E-state index in [2.05, 4.69) is 6.58 Å². The highest BCUT2D eigenvalue weighted by atomic mass is 16.5. The van der Waals surface area contributed by atoms with Crippen molar-refractivity contribution < 1.29 is 9.47 Å².